The number of aromatic nitrogens is 2. The minimum absolute atomic E-state index is 0.262. The molecule has 0 spiro atoms. The van der Waals surface area contributed by atoms with Crippen LogP contribution in [0.3, 0.4) is 0 Å². The van der Waals surface area contributed by atoms with Gasteiger partial charge >= 0.3 is 0 Å². The van der Waals surface area contributed by atoms with Crippen molar-refractivity contribution in [3.8, 4) is 17.0 Å². The largest absolute Gasteiger partial charge is 0.496 e. The molecular formula is C14H15ClN2O. The molecule has 0 aliphatic carbocycles. The summed E-state index contributed by atoms with van der Waals surface area (Å²) in [7, 11) is 1.69. The highest BCUT2D eigenvalue weighted by molar-refractivity contribution is 6.28. The Bertz CT molecular complexity index is 597. The van der Waals surface area contributed by atoms with E-state index in [0.717, 1.165) is 33.7 Å². The van der Waals surface area contributed by atoms with E-state index in [4.69, 9.17) is 16.3 Å². The van der Waals surface area contributed by atoms with Gasteiger partial charge in [0.15, 0.2) is 0 Å². The zero-order chi connectivity index (χ0) is 13.3. The number of aryl methyl sites for hydroxylation is 1. The molecule has 0 N–H and O–H groups in total. The molecule has 0 saturated carbocycles. The van der Waals surface area contributed by atoms with Gasteiger partial charge in [-0.2, -0.15) is 0 Å². The smallest absolute Gasteiger partial charge is 0.222 e. The van der Waals surface area contributed by atoms with Crippen LogP contribution in [-0.4, -0.2) is 17.1 Å². The van der Waals surface area contributed by atoms with E-state index in [9.17, 15) is 0 Å². The van der Waals surface area contributed by atoms with Crippen molar-refractivity contribution in [3.63, 3.8) is 0 Å². The van der Waals surface area contributed by atoms with Crippen LogP contribution in [0.2, 0.25) is 5.28 Å². The van der Waals surface area contributed by atoms with Crippen LogP contribution in [-0.2, 0) is 0 Å². The fourth-order valence-corrected chi connectivity index (χ4v) is 2.27. The second-order valence-corrected chi connectivity index (χ2v) is 4.57. The van der Waals surface area contributed by atoms with E-state index >= 15 is 0 Å². The normalized spacial score (nSPS) is 10.5. The fourth-order valence-electron chi connectivity index (χ4n) is 2.12. The molecule has 1 aromatic carbocycles. The van der Waals surface area contributed by atoms with Gasteiger partial charge in [0.05, 0.1) is 12.8 Å². The van der Waals surface area contributed by atoms with E-state index in [1.54, 1.807) is 13.3 Å². The molecule has 0 unspecified atom stereocenters. The first-order chi connectivity index (χ1) is 8.54. The predicted octanol–water partition coefficient (Wildman–Crippen LogP) is 3.73. The lowest BCUT2D eigenvalue weighted by Crippen LogP contribution is -1.97. The standard InChI is InChI=1S/C14H15ClN2O/c1-8-7-11(9(2)10(3)13(8)18-4)12-5-6-16-14(15)17-12/h5-7H,1-4H3. The summed E-state index contributed by atoms with van der Waals surface area (Å²) in [6.07, 6.45) is 1.67. The van der Waals surface area contributed by atoms with Crippen LogP contribution in [0, 0.1) is 20.8 Å². The number of hydrogen-bond donors (Lipinski definition) is 0. The molecule has 2 aromatic rings. The molecule has 0 fully saturated rings. The average Bonchev–Trinajstić information content (AvgIpc) is 2.34. The molecule has 0 saturated heterocycles. The molecule has 4 heteroatoms. The van der Waals surface area contributed by atoms with Gasteiger partial charge < -0.3 is 4.74 Å². The Morgan fingerprint density at radius 1 is 1.17 bits per heavy atom. The van der Waals surface area contributed by atoms with Crippen molar-refractivity contribution in [1.29, 1.82) is 0 Å². The van der Waals surface area contributed by atoms with Crippen molar-refractivity contribution in [2.24, 2.45) is 0 Å². The van der Waals surface area contributed by atoms with Crippen molar-refractivity contribution in [1.82, 2.24) is 9.97 Å². The molecule has 0 atom stereocenters. The van der Waals surface area contributed by atoms with Gasteiger partial charge in [-0.05, 0) is 61.2 Å². The summed E-state index contributed by atoms with van der Waals surface area (Å²) in [6, 6.07) is 3.93. The number of benzene rings is 1. The topological polar surface area (TPSA) is 35.0 Å². The van der Waals surface area contributed by atoms with E-state index in [1.165, 1.54) is 0 Å². The summed E-state index contributed by atoms with van der Waals surface area (Å²) in [5.41, 5.74) is 5.26. The molecule has 0 amide bonds. The number of ether oxygens (including phenoxy) is 1. The minimum atomic E-state index is 0.262. The third kappa shape index (κ3) is 2.18. The van der Waals surface area contributed by atoms with Crippen LogP contribution in [0.15, 0.2) is 18.3 Å². The quantitative estimate of drug-likeness (QED) is 0.774. The third-order valence-corrected chi connectivity index (χ3v) is 3.31. The molecule has 0 bridgehead atoms. The zero-order valence-corrected chi connectivity index (χ0v) is 11.7. The zero-order valence-electron chi connectivity index (χ0n) is 10.9. The maximum Gasteiger partial charge on any atom is 0.222 e. The van der Waals surface area contributed by atoms with Crippen molar-refractivity contribution in [2.75, 3.05) is 7.11 Å². The average molecular weight is 263 g/mol. The second kappa shape index (κ2) is 4.94. The summed E-state index contributed by atoms with van der Waals surface area (Å²) in [6.45, 7) is 6.13. The fraction of sp³-hybridized carbons (Fsp3) is 0.286. The van der Waals surface area contributed by atoms with Crippen LogP contribution >= 0.6 is 11.6 Å². The second-order valence-electron chi connectivity index (χ2n) is 4.24. The molecule has 0 radical (unpaired) electrons. The first-order valence-corrected chi connectivity index (χ1v) is 6.06. The van der Waals surface area contributed by atoms with Gasteiger partial charge in [-0.3, -0.25) is 0 Å². The van der Waals surface area contributed by atoms with Crippen molar-refractivity contribution < 1.29 is 4.74 Å². The highest BCUT2D eigenvalue weighted by Crippen LogP contribution is 2.33. The van der Waals surface area contributed by atoms with Gasteiger partial charge in [0.1, 0.15) is 5.75 Å². The van der Waals surface area contributed by atoms with E-state index in [2.05, 4.69) is 23.0 Å². The summed E-state index contributed by atoms with van der Waals surface area (Å²) in [5.74, 6) is 0.927. The molecule has 18 heavy (non-hydrogen) atoms. The van der Waals surface area contributed by atoms with Crippen LogP contribution in [0.4, 0.5) is 0 Å². The molecule has 3 nitrogen and oxygen atoms in total. The molecular weight excluding hydrogens is 248 g/mol. The first kappa shape index (κ1) is 12.8. The van der Waals surface area contributed by atoms with E-state index in [-0.39, 0.29) is 5.28 Å². The number of halogens is 1. The minimum Gasteiger partial charge on any atom is -0.496 e. The summed E-state index contributed by atoms with van der Waals surface area (Å²) in [4.78, 5) is 8.16. The summed E-state index contributed by atoms with van der Waals surface area (Å²) in [5, 5.41) is 0.262. The number of methoxy groups -OCH3 is 1. The Morgan fingerprint density at radius 3 is 2.50 bits per heavy atom. The Labute approximate surface area is 112 Å². The Hall–Kier alpha value is -1.61. The van der Waals surface area contributed by atoms with Gasteiger partial charge in [-0.25, -0.2) is 9.97 Å². The van der Waals surface area contributed by atoms with Crippen LogP contribution in [0.25, 0.3) is 11.3 Å². The van der Waals surface area contributed by atoms with Gasteiger partial charge in [0.2, 0.25) is 5.28 Å². The van der Waals surface area contributed by atoms with Gasteiger partial charge in [0.25, 0.3) is 0 Å². The lowest BCUT2D eigenvalue weighted by atomic mass is 9.96. The molecule has 0 aliphatic rings. The Morgan fingerprint density at radius 2 is 1.89 bits per heavy atom. The van der Waals surface area contributed by atoms with Crippen molar-refractivity contribution in [2.45, 2.75) is 20.8 Å². The Balaban J connectivity index is 2.66. The maximum absolute atomic E-state index is 5.84. The maximum atomic E-state index is 5.84. The van der Waals surface area contributed by atoms with E-state index < -0.39 is 0 Å². The lowest BCUT2D eigenvalue weighted by molar-refractivity contribution is 0.408. The number of rotatable bonds is 2. The van der Waals surface area contributed by atoms with Crippen LogP contribution in [0.1, 0.15) is 16.7 Å². The van der Waals surface area contributed by atoms with Gasteiger partial charge in [-0.15, -0.1) is 0 Å². The molecule has 2 rings (SSSR count). The molecule has 0 aliphatic heterocycles. The number of nitrogens with zero attached hydrogens (tertiary/aromatic N) is 2. The predicted molar refractivity (Wildman–Crippen MR) is 73.2 cm³/mol. The van der Waals surface area contributed by atoms with Gasteiger partial charge in [-0.1, -0.05) is 0 Å². The highest BCUT2D eigenvalue weighted by atomic mass is 35.5. The molecule has 94 valence electrons. The van der Waals surface area contributed by atoms with Crippen molar-refractivity contribution in [3.05, 3.63) is 40.3 Å². The van der Waals surface area contributed by atoms with Crippen LogP contribution in [0.5, 0.6) is 5.75 Å². The third-order valence-electron chi connectivity index (χ3n) is 3.13. The van der Waals surface area contributed by atoms with E-state index in [0.29, 0.717) is 0 Å². The lowest BCUT2D eigenvalue weighted by Gasteiger charge is -2.15. The SMILES string of the molecule is COc1c(C)cc(-c2ccnc(Cl)n2)c(C)c1C. The summed E-state index contributed by atoms with van der Waals surface area (Å²) >= 11 is 5.84. The molecule has 1 aromatic heterocycles. The van der Waals surface area contributed by atoms with E-state index in [1.807, 2.05) is 19.9 Å². The van der Waals surface area contributed by atoms with Crippen LogP contribution < -0.4 is 4.74 Å². The Kier molecular flexibility index (Phi) is 3.53. The van der Waals surface area contributed by atoms with Crippen molar-refractivity contribution >= 4 is 11.6 Å². The van der Waals surface area contributed by atoms with Gasteiger partial charge in [0, 0.05) is 11.8 Å². The number of hydrogen-bond acceptors (Lipinski definition) is 3. The summed E-state index contributed by atoms with van der Waals surface area (Å²) < 4.78 is 5.41. The monoisotopic (exact) mass is 262 g/mol. The first-order valence-electron chi connectivity index (χ1n) is 5.68. The molecule has 1 heterocycles. The highest BCUT2D eigenvalue weighted by Gasteiger charge is 2.13.